The number of benzene rings is 1. The molecule has 0 radical (unpaired) electrons. The SMILES string of the molecule is Cc1ccccc1NC(=O)N1CC[C@@]2(CCCN(C3CCOCC3)C2=O)C1. The second-order valence-electron chi connectivity index (χ2n) is 8.14. The highest BCUT2D eigenvalue weighted by atomic mass is 16.5. The van der Waals surface area contributed by atoms with E-state index in [4.69, 9.17) is 4.74 Å². The summed E-state index contributed by atoms with van der Waals surface area (Å²) < 4.78 is 5.46. The lowest BCUT2D eigenvalue weighted by Crippen LogP contribution is -2.55. The number of carbonyl (C=O) groups excluding carboxylic acids is 2. The molecule has 3 saturated heterocycles. The summed E-state index contributed by atoms with van der Waals surface area (Å²) >= 11 is 0. The third-order valence-corrected chi connectivity index (χ3v) is 6.43. The molecule has 3 aliphatic heterocycles. The molecule has 0 unspecified atom stereocenters. The minimum absolute atomic E-state index is 0.0998. The Hall–Kier alpha value is -2.08. The van der Waals surface area contributed by atoms with Gasteiger partial charge in [-0.1, -0.05) is 18.2 Å². The maximum Gasteiger partial charge on any atom is 0.321 e. The van der Waals surface area contributed by atoms with Crippen LogP contribution in [-0.2, 0) is 9.53 Å². The van der Waals surface area contributed by atoms with Crippen molar-refractivity contribution in [1.29, 1.82) is 0 Å². The van der Waals surface area contributed by atoms with Crippen molar-refractivity contribution in [1.82, 2.24) is 9.80 Å². The van der Waals surface area contributed by atoms with Gasteiger partial charge in [-0.05, 0) is 50.7 Å². The predicted molar refractivity (Wildman–Crippen MR) is 104 cm³/mol. The zero-order valence-corrected chi connectivity index (χ0v) is 16.1. The van der Waals surface area contributed by atoms with Gasteiger partial charge in [-0.25, -0.2) is 4.79 Å². The number of likely N-dealkylation sites (tertiary alicyclic amines) is 2. The predicted octanol–water partition coefficient (Wildman–Crippen LogP) is 3.02. The molecule has 1 aromatic rings. The molecule has 1 N–H and O–H groups in total. The monoisotopic (exact) mass is 371 g/mol. The van der Waals surface area contributed by atoms with Crippen LogP contribution < -0.4 is 5.32 Å². The molecule has 3 heterocycles. The van der Waals surface area contributed by atoms with Gasteiger partial charge in [0, 0.05) is 44.6 Å². The molecule has 0 bridgehead atoms. The van der Waals surface area contributed by atoms with E-state index >= 15 is 0 Å². The first kappa shape index (κ1) is 18.3. The number of aryl methyl sites for hydroxylation is 1. The van der Waals surface area contributed by atoms with E-state index in [-0.39, 0.29) is 17.4 Å². The smallest absolute Gasteiger partial charge is 0.321 e. The molecule has 0 aliphatic carbocycles. The van der Waals surface area contributed by atoms with Crippen LogP contribution in [0.2, 0.25) is 0 Å². The number of hydrogen-bond donors (Lipinski definition) is 1. The van der Waals surface area contributed by atoms with Crippen molar-refractivity contribution in [2.45, 2.75) is 45.1 Å². The number of hydrogen-bond acceptors (Lipinski definition) is 3. The Morgan fingerprint density at radius 3 is 2.74 bits per heavy atom. The summed E-state index contributed by atoms with van der Waals surface area (Å²) in [5.74, 6) is 0.256. The number of urea groups is 1. The van der Waals surface area contributed by atoms with Crippen LogP contribution in [0.15, 0.2) is 24.3 Å². The Balaban J connectivity index is 1.43. The van der Waals surface area contributed by atoms with Crippen LogP contribution in [0.5, 0.6) is 0 Å². The maximum atomic E-state index is 13.4. The normalized spacial score (nSPS) is 26.6. The van der Waals surface area contributed by atoms with Gasteiger partial charge in [-0.3, -0.25) is 4.79 Å². The standard InChI is InChI=1S/C21H29N3O3/c1-16-5-2-3-6-18(16)22-20(26)23-12-10-21(15-23)9-4-11-24(19(21)25)17-7-13-27-14-8-17/h2-3,5-6,17H,4,7-15H2,1H3,(H,22,26)/t21-/m0/s1. The summed E-state index contributed by atoms with van der Waals surface area (Å²) in [4.78, 5) is 30.0. The zero-order chi connectivity index (χ0) is 18.9. The summed E-state index contributed by atoms with van der Waals surface area (Å²) in [5, 5.41) is 3.01. The molecule has 27 heavy (non-hydrogen) atoms. The minimum atomic E-state index is -0.389. The van der Waals surface area contributed by atoms with Gasteiger partial charge in [0.05, 0.1) is 5.41 Å². The summed E-state index contributed by atoms with van der Waals surface area (Å²) in [6, 6.07) is 7.98. The van der Waals surface area contributed by atoms with Gasteiger partial charge in [-0.15, -0.1) is 0 Å². The summed E-state index contributed by atoms with van der Waals surface area (Å²) in [5.41, 5.74) is 1.49. The third-order valence-electron chi connectivity index (χ3n) is 6.43. The molecular formula is C21H29N3O3. The van der Waals surface area contributed by atoms with E-state index in [2.05, 4.69) is 10.2 Å². The Bertz CT molecular complexity index is 716. The van der Waals surface area contributed by atoms with E-state index in [0.717, 1.165) is 63.1 Å². The van der Waals surface area contributed by atoms with Crippen LogP contribution in [-0.4, -0.2) is 60.6 Å². The van der Waals surface area contributed by atoms with Gasteiger partial charge < -0.3 is 19.9 Å². The maximum absolute atomic E-state index is 13.4. The largest absolute Gasteiger partial charge is 0.381 e. The van der Waals surface area contributed by atoms with Crippen LogP contribution in [0.25, 0.3) is 0 Å². The van der Waals surface area contributed by atoms with E-state index in [0.29, 0.717) is 19.1 Å². The average Bonchev–Trinajstić information content (AvgIpc) is 3.12. The van der Waals surface area contributed by atoms with E-state index in [1.54, 1.807) is 0 Å². The van der Waals surface area contributed by atoms with Gasteiger partial charge >= 0.3 is 6.03 Å². The number of amides is 3. The Morgan fingerprint density at radius 2 is 1.96 bits per heavy atom. The van der Waals surface area contributed by atoms with E-state index in [9.17, 15) is 9.59 Å². The van der Waals surface area contributed by atoms with Crippen LogP contribution in [0.1, 0.15) is 37.7 Å². The van der Waals surface area contributed by atoms with Gasteiger partial charge in [0.15, 0.2) is 0 Å². The first-order valence-electron chi connectivity index (χ1n) is 10.1. The Kier molecular flexibility index (Phi) is 5.08. The van der Waals surface area contributed by atoms with Gasteiger partial charge in [0.1, 0.15) is 0 Å². The van der Waals surface area contributed by atoms with Crippen molar-refractivity contribution in [3.05, 3.63) is 29.8 Å². The topological polar surface area (TPSA) is 61.9 Å². The van der Waals surface area contributed by atoms with Crippen molar-refractivity contribution in [3.8, 4) is 0 Å². The average molecular weight is 371 g/mol. The zero-order valence-electron chi connectivity index (χ0n) is 16.1. The van der Waals surface area contributed by atoms with Gasteiger partial charge in [0.25, 0.3) is 0 Å². The first-order chi connectivity index (χ1) is 13.1. The van der Waals surface area contributed by atoms with Crippen LogP contribution in [0, 0.1) is 12.3 Å². The molecule has 1 atom stereocenters. The van der Waals surface area contributed by atoms with Gasteiger partial charge in [-0.2, -0.15) is 0 Å². The molecule has 6 nitrogen and oxygen atoms in total. The molecule has 0 aromatic heterocycles. The highest BCUT2D eigenvalue weighted by Gasteiger charge is 2.50. The first-order valence-corrected chi connectivity index (χ1v) is 10.1. The fraction of sp³-hybridized carbons (Fsp3) is 0.619. The lowest BCUT2D eigenvalue weighted by atomic mass is 9.77. The van der Waals surface area contributed by atoms with Crippen LogP contribution >= 0.6 is 0 Å². The minimum Gasteiger partial charge on any atom is -0.381 e. The van der Waals surface area contributed by atoms with E-state index in [1.807, 2.05) is 36.1 Å². The summed E-state index contributed by atoms with van der Waals surface area (Å²) in [7, 11) is 0. The Labute approximate surface area is 160 Å². The number of piperidine rings is 1. The highest BCUT2D eigenvalue weighted by Crippen LogP contribution is 2.41. The van der Waals surface area contributed by atoms with Crippen molar-refractivity contribution in [2.75, 3.05) is 38.2 Å². The van der Waals surface area contributed by atoms with Crippen LogP contribution in [0.4, 0.5) is 10.5 Å². The fourth-order valence-corrected chi connectivity index (χ4v) is 4.78. The number of ether oxygens (including phenoxy) is 1. The second-order valence-corrected chi connectivity index (χ2v) is 8.14. The van der Waals surface area contributed by atoms with E-state index in [1.165, 1.54) is 0 Å². The van der Waals surface area contributed by atoms with Crippen molar-refractivity contribution < 1.29 is 14.3 Å². The highest BCUT2D eigenvalue weighted by molar-refractivity contribution is 5.92. The lowest BCUT2D eigenvalue weighted by Gasteiger charge is -2.44. The number of anilines is 1. The molecule has 1 spiro atoms. The van der Waals surface area contributed by atoms with Gasteiger partial charge in [0.2, 0.25) is 5.91 Å². The number of nitrogens with one attached hydrogen (secondary N) is 1. The molecule has 3 fully saturated rings. The molecule has 1 aromatic carbocycles. The number of nitrogens with zero attached hydrogens (tertiary/aromatic N) is 2. The van der Waals surface area contributed by atoms with Crippen LogP contribution in [0.3, 0.4) is 0 Å². The molecule has 146 valence electrons. The number of carbonyl (C=O) groups is 2. The molecule has 6 heteroatoms. The molecule has 0 saturated carbocycles. The fourth-order valence-electron chi connectivity index (χ4n) is 4.78. The Morgan fingerprint density at radius 1 is 1.19 bits per heavy atom. The third kappa shape index (κ3) is 3.55. The second kappa shape index (κ2) is 7.50. The summed E-state index contributed by atoms with van der Waals surface area (Å²) in [6.45, 7) is 5.49. The molecule has 3 aliphatic rings. The van der Waals surface area contributed by atoms with Crippen molar-refractivity contribution in [2.24, 2.45) is 5.41 Å². The number of rotatable bonds is 2. The summed E-state index contributed by atoms with van der Waals surface area (Å²) in [6.07, 6.45) is 4.54. The van der Waals surface area contributed by atoms with E-state index < -0.39 is 0 Å². The molecule has 4 rings (SSSR count). The van der Waals surface area contributed by atoms with Crippen molar-refractivity contribution >= 4 is 17.6 Å². The number of para-hydroxylation sites is 1. The lowest BCUT2D eigenvalue weighted by molar-refractivity contribution is -0.150. The van der Waals surface area contributed by atoms with Crippen molar-refractivity contribution in [3.63, 3.8) is 0 Å². The molecular weight excluding hydrogens is 342 g/mol. The quantitative estimate of drug-likeness (QED) is 0.869. The molecule has 3 amide bonds.